The molecule has 4 rings (SSSR count). The van der Waals surface area contributed by atoms with E-state index in [-0.39, 0.29) is 16.1 Å². The van der Waals surface area contributed by atoms with Gasteiger partial charge in [-0.2, -0.15) is 18.3 Å². The highest BCUT2D eigenvalue weighted by molar-refractivity contribution is 7.90. The largest absolute Gasteiger partial charge is 0.416 e. The number of aryl methyl sites for hydroxylation is 1. The van der Waals surface area contributed by atoms with Crippen LogP contribution in [0.1, 0.15) is 20.9 Å². The van der Waals surface area contributed by atoms with E-state index < -0.39 is 27.7 Å². The number of alkyl halides is 3. The van der Waals surface area contributed by atoms with Crippen LogP contribution in [-0.4, -0.2) is 29.1 Å². The predicted octanol–water partition coefficient (Wildman–Crippen LogP) is 4.50. The first-order chi connectivity index (χ1) is 15.0. The number of carbonyl (C=O) groups excluding carboxylic acids is 1. The van der Waals surface area contributed by atoms with Gasteiger partial charge in [0, 0.05) is 10.8 Å². The molecule has 0 aliphatic rings. The fourth-order valence-corrected chi connectivity index (χ4v) is 5.16. The Labute approximate surface area is 188 Å². The third-order valence-electron chi connectivity index (χ3n) is 4.27. The smallest absolute Gasteiger partial charge is 0.268 e. The van der Waals surface area contributed by atoms with Crippen LogP contribution in [0.4, 0.5) is 13.2 Å². The molecule has 0 unspecified atom stereocenters. The summed E-state index contributed by atoms with van der Waals surface area (Å²) in [5.41, 5.74) is -0.0355. The van der Waals surface area contributed by atoms with Crippen molar-refractivity contribution in [2.45, 2.75) is 18.0 Å². The second-order valence-electron chi connectivity index (χ2n) is 6.55. The van der Waals surface area contributed by atoms with Crippen LogP contribution in [0.15, 0.2) is 58.4 Å². The van der Waals surface area contributed by atoms with E-state index in [0.717, 1.165) is 34.2 Å². The zero-order valence-corrected chi connectivity index (χ0v) is 18.6. The number of carbonyl (C=O) groups is 1. The lowest BCUT2D eigenvalue weighted by molar-refractivity contribution is -0.137. The number of nitrogens with zero attached hydrogens (tertiary/aromatic N) is 3. The number of aromatic nitrogens is 3. The Bertz CT molecular complexity index is 1400. The van der Waals surface area contributed by atoms with Gasteiger partial charge in [0.05, 0.1) is 44.8 Å². The molecule has 0 spiro atoms. The molecule has 3 heterocycles. The molecule has 3 aromatic heterocycles. The molecule has 32 heavy (non-hydrogen) atoms. The first-order valence-corrected chi connectivity index (χ1v) is 12.1. The van der Waals surface area contributed by atoms with Crippen LogP contribution in [0, 0.1) is 6.92 Å². The van der Waals surface area contributed by atoms with Gasteiger partial charge in [-0.15, -0.1) is 22.7 Å². The molecule has 0 fully saturated rings. The standard InChI is InChI=1S/C19H13F3N4O3S3/c1-11-24-16(10-30-11)17-5-12(9-31-17)18(27)25-32(28,29)15-7-23-26(8-15)14-4-2-3-13(6-14)19(20,21)22/h2-10H,1H3,(H,25,27). The number of halogens is 3. The maximum atomic E-state index is 12.9. The van der Waals surface area contributed by atoms with Crippen molar-refractivity contribution in [2.24, 2.45) is 0 Å². The molecule has 1 N–H and O–H groups in total. The van der Waals surface area contributed by atoms with Gasteiger partial charge in [0.15, 0.2) is 0 Å². The fourth-order valence-electron chi connectivity index (χ4n) is 2.72. The van der Waals surface area contributed by atoms with Crippen LogP contribution in [0.2, 0.25) is 0 Å². The summed E-state index contributed by atoms with van der Waals surface area (Å²) in [6, 6.07) is 5.82. The molecule has 0 aliphatic heterocycles. The summed E-state index contributed by atoms with van der Waals surface area (Å²) in [7, 11) is -4.30. The average molecular weight is 499 g/mol. The van der Waals surface area contributed by atoms with Crippen LogP contribution < -0.4 is 4.72 Å². The molecule has 0 radical (unpaired) electrons. The normalized spacial score (nSPS) is 12.1. The molecule has 0 aliphatic carbocycles. The Morgan fingerprint density at radius 1 is 1.16 bits per heavy atom. The van der Waals surface area contributed by atoms with Crippen LogP contribution in [0.25, 0.3) is 16.3 Å². The van der Waals surface area contributed by atoms with E-state index in [2.05, 4.69) is 10.1 Å². The lowest BCUT2D eigenvalue weighted by Gasteiger charge is -2.08. The summed E-state index contributed by atoms with van der Waals surface area (Å²) in [5.74, 6) is -0.841. The van der Waals surface area contributed by atoms with Crippen molar-refractivity contribution in [3.05, 3.63) is 69.6 Å². The SMILES string of the molecule is Cc1nc(-c2cc(C(=O)NS(=O)(=O)c3cnn(-c4cccc(C(F)(F)F)c4)c3)cs2)cs1. The zero-order valence-electron chi connectivity index (χ0n) is 16.1. The van der Waals surface area contributed by atoms with Crippen molar-refractivity contribution in [3.63, 3.8) is 0 Å². The van der Waals surface area contributed by atoms with E-state index in [1.165, 1.54) is 46.3 Å². The monoisotopic (exact) mass is 498 g/mol. The zero-order chi connectivity index (χ0) is 23.1. The van der Waals surface area contributed by atoms with Crippen molar-refractivity contribution < 1.29 is 26.4 Å². The summed E-state index contributed by atoms with van der Waals surface area (Å²) in [5, 5.41) is 8.03. The molecular formula is C19H13F3N4O3S3. The summed E-state index contributed by atoms with van der Waals surface area (Å²) < 4.78 is 66.9. The van der Waals surface area contributed by atoms with Crippen molar-refractivity contribution in [1.29, 1.82) is 0 Å². The highest BCUT2D eigenvalue weighted by atomic mass is 32.2. The third-order valence-corrected chi connectivity index (χ3v) is 7.28. The number of benzene rings is 1. The molecule has 1 amide bonds. The lowest BCUT2D eigenvalue weighted by Crippen LogP contribution is -2.30. The maximum Gasteiger partial charge on any atom is 0.416 e. The molecule has 7 nitrogen and oxygen atoms in total. The Kier molecular flexibility index (Phi) is 5.65. The second kappa shape index (κ2) is 8.15. The first kappa shape index (κ1) is 22.2. The number of thiazole rings is 1. The minimum atomic E-state index is -4.55. The van der Waals surface area contributed by atoms with Crippen LogP contribution in [0.5, 0.6) is 0 Å². The number of amides is 1. The average Bonchev–Trinajstić information content (AvgIpc) is 3.47. The van der Waals surface area contributed by atoms with Gasteiger partial charge in [-0.25, -0.2) is 22.8 Å². The number of hydrogen-bond donors (Lipinski definition) is 1. The molecule has 4 aromatic rings. The topological polar surface area (TPSA) is 93.9 Å². The quantitative estimate of drug-likeness (QED) is 0.437. The molecule has 0 bridgehead atoms. The van der Waals surface area contributed by atoms with E-state index in [1.54, 1.807) is 0 Å². The van der Waals surface area contributed by atoms with Gasteiger partial charge in [-0.05, 0) is 31.2 Å². The highest BCUT2D eigenvalue weighted by Gasteiger charge is 2.30. The van der Waals surface area contributed by atoms with Gasteiger partial charge in [0.1, 0.15) is 4.90 Å². The highest BCUT2D eigenvalue weighted by Crippen LogP contribution is 2.31. The Hall–Kier alpha value is -3.03. The van der Waals surface area contributed by atoms with E-state index >= 15 is 0 Å². The van der Waals surface area contributed by atoms with Gasteiger partial charge in [0.2, 0.25) is 0 Å². The number of nitrogens with one attached hydrogen (secondary N) is 1. The maximum absolute atomic E-state index is 12.9. The Morgan fingerprint density at radius 3 is 2.62 bits per heavy atom. The van der Waals surface area contributed by atoms with Gasteiger partial charge >= 0.3 is 6.18 Å². The fraction of sp³-hybridized carbons (Fsp3) is 0.105. The van der Waals surface area contributed by atoms with Gasteiger partial charge < -0.3 is 0 Å². The lowest BCUT2D eigenvalue weighted by atomic mass is 10.2. The minimum absolute atomic E-state index is 0.0219. The van der Waals surface area contributed by atoms with Gasteiger partial charge in [-0.1, -0.05) is 6.07 Å². The van der Waals surface area contributed by atoms with E-state index in [4.69, 9.17) is 0 Å². The van der Waals surface area contributed by atoms with E-state index in [1.807, 2.05) is 17.0 Å². The molecular weight excluding hydrogens is 485 g/mol. The summed E-state index contributed by atoms with van der Waals surface area (Å²) >= 11 is 2.71. The molecule has 1 aromatic carbocycles. The Balaban J connectivity index is 1.53. The summed E-state index contributed by atoms with van der Waals surface area (Å²) in [6.45, 7) is 1.85. The number of thiophene rings is 1. The van der Waals surface area contributed by atoms with E-state index in [0.29, 0.717) is 10.6 Å². The van der Waals surface area contributed by atoms with Crippen molar-refractivity contribution >= 4 is 38.6 Å². The van der Waals surface area contributed by atoms with Crippen molar-refractivity contribution in [1.82, 2.24) is 19.5 Å². The van der Waals surface area contributed by atoms with E-state index in [9.17, 15) is 26.4 Å². The number of sulfonamides is 1. The van der Waals surface area contributed by atoms with Gasteiger partial charge in [-0.3, -0.25) is 4.79 Å². The van der Waals surface area contributed by atoms with Crippen LogP contribution >= 0.6 is 22.7 Å². The molecule has 0 atom stereocenters. The number of rotatable bonds is 5. The second-order valence-corrected chi connectivity index (χ2v) is 10.2. The molecule has 166 valence electrons. The van der Waals surface area contributed by atoms with Gasteiger partial charge in [0.25, 0.3) is 15.9 Å². The molecule has 13 heteroatoms. The predicted molar refractivity (Wildman–Crippen MR) is 113 cm³/mol. The molecule has 0 saturated heterocycles. The number of hydrogen-bond acceptors (Lipinski definition) is 7. The van der Waals surface area contributed by atoms with Crippen LogP contribution in [-0.2, 0) is 16.2 Å². The molecule has 0 saturated carbocycles. The summed E-state index contributed by atoms with van der Waals surface area (Å²) in [4.78, 5) is 17.1. The van der Waals surface area contributed by atoms with Crippen molar-refractivity contribution in [2.75, 3.05) is 0 Å². The minimum Gasteiger partial charge on any atom is -0.268 e. The first-order valence-electron chi connectivity index (χ1n) is 8.83. The van der Waals surface area contributed by atoms with Crippen molar-refractivity contribution in [3.8, 4) is 16.3 Å². The van der Waals surface area contributed by atoms with Crippen LogP contribution in [0.3, 0.4) is 0 Å². The third kappa shape index (κ3) is 4.59. The summed E-state index contributed by atoms with van der Waals surface area (Å²) in [6.07, 6.45) is -2.57. The Morgan fingerprint density at radius 2 is 1.94 bits per heavy atom.